The maximum Gasteiger partial charge on any atom is 0.330 e. The van der Waals surface area contributed by atoms with E-state index >= 15 is 0 Å². The zero-order valence-corrected chi connectivity index (χ0v) is 11.0. The quantitative estimate of drug-likeness (QED) is 0.343. The Hall–Kier alpha value is -0.630. The Bertz CT molecular complexity index is 279. The van der Waals surface area contributed by atoms with Gasteiger partial charge in [0.25, 0.3) is 0 Å². The summed E-state index contributed by atoms with van der Waals surface area (Å²) in [7, 11) is 0. The lowest BCUT2D eigenvalue weighted by Gasteiger charge is -2.22. The fraction of sp³-hybridized carbons (Fsp3) is 0.600. The number of esters is 1. The molecule has 0 spiro atoms. The Balaban J connectivity index is 2.04. The second kappa shape index (κ2) is 8.46. The van der Waals surface area contributed by atoms with Crippen molar-refractivity contribution < 1.29 is 19.0 Å². The molecule has 1 saturated heterocycles. The summed E-state index contributed by atoms with van der Waals surface area (Å²) in [5, 5.41) is 3.20. The van der Waals surface area contributed by atoms with Crippen molar-refractivity contribution in [1.29, 1.82) is 0 Å². The average Bonchev–Trinajstić information content (AvgIpc) is 2.35. The number of ether oxygens (including phenoxy) is 3. The maximum atomic E-state index is 10.7. The molecule has 17 heavy (non-hydrogen) atoms. The lowest BCUT2D eigenvalue weighted by Crippen LogP contribution is -2.31. The average molecular weight is 277 g/mol. The van der Waals surface area contributed by atoms with Gasteiger partial charge in [0.1, 0.15) is 17.7 Å². The molecule has 0 atom stereocenters. The van der Waals surface area contributed by atoms with Crippen LogP contribution in [0.3, 0.4) is 0 Å². The number of carbonyl (C=O) groups is 1. The molecule has 1 N–H and O–H groups in total. The molecule has 1 heterocycles. The second-order valence-corrected chi connectivity index (χ2v) is 5.16. The molecule has 1 aliphatic heterocycles. The van der Waals surface area contributed by atoms with Gasteiger partial charge in [0.2, 0.25) is 0 Å². The summed E-state index contributed by atoms with van der Waals surface area (Å²) in [5.41, 5.74) is 0. The molecule has 0 aliphatic carbocycles. The Morgan fingerprint density at radius 2 is 2.29 bits per heavy atom. The maximum absolute atomic E-state index is 10.7. The molecule has 1 aliphatic rings. The standard InChI is InChI=1S/C10H15NO4S2/c1-2-9(12)15-4-3-11-10(16)17-8-5-13-7-14-6-8/h2,8H,1,3-7H2,(H,11,16). The molecule has 5 nitrogen and oxygen atoms in total. The van der Waals surface area contributed by atoms with Crippen LogP contribution >= 0.6 is 24.0 Å². The Kier molecular flexibility index (Phi) is 7.18. The van der Waals surface area contributed by atoms with Crippen molar-refractivity contribution in [3.8, 4) is 0 Å². The van der Waals surface area contributed by atoms with E-state index in [9.17, 15) is 4.79 Å². The summed E-state index contributed by atoms with van der Waals surface area (Å²) in [5.74, 6) is -0.431. The van der Waals surface area contributed by atoms with E-state index in [1.807, 2.05) is 0 Å². The molecule has 0 unspecified atom stereocenters. The molecule has 0 radical (unpaired) electrons. The monoisotopic (exact) mass is 277 g/mol. The van der Waals surface area contributed by atoms with Crippen LogP contribution in [0, 0.1) is 0 Å². The van der Waals surface area contributed by atoms with Crippen LogP contribution in [0.1, 0.15) is 0 Å². The highest BCUT2D eigenvalue weighted by atomic mass is 32.2. The van der Waals surface area contributed by atoms with Crippen molar-refractivity contribution in [2.75, 3.05) is 33.2 Å². The van der Waals surface area contributed by atoms with Crippen LogP contribution in [0.25, 0.3) is 0 Å². The minimum atomic E-state index is -0.431. The van der Waals surface area contributed by atoms with Gasteiger partial charge in [-0.05, 0) is 0 Å². The SMILES string of the molecule is C=CC(=O)OCCNC(=S)SC1COCOC1. The van der Waals surface area contributed by atoms with Crippen LogP contribution in [0.5, 0.6) is 0 Å². The minimum absolute atomic E-state index is 0.222. The molecule has 0 bridgehead atoms. The number of nitrogens with one attached hydrogen (secondary N) is 1. The number of hydrogen-bond acceptors (Lipinski definition) is 6. The summed E-state index contributed by atoms with van der Waals surface area (Å²) in [6, 6.07) is 0. The zero-order chi connectivity index (χ0) is 12.5. The molecule has 0 aromatic carbocycles. The molecular weight excluding hydrogens is 262 g/mol. The van der Waals surface area contributed by atoms with Gasteiger partial charge in [-0.1, -0.05) is 30.6 Å². The van der Waals surface area contributed by atoms with Gasteiger partial charge in [-0.25, -0.2) is 4.79 Å². The van der Waals surface area contributed by atoms with Crippen molar-refractivity contribution in [3.05, 3.63) is 12.7 Å². The number of rotatable bonds is 5. The molecule has 0 aromatic rings. The van der Waals surface area contributed by atoms with E-state index in [2.05, 4.69) is 11.9 Å². The fourth-order valence-electron chi connectivity index (χ4n) is 1.09. The molecule has 96 valence electrons. The minimum Gasteiger partial charge on any atom is -0.461 e. The lowest BCUT2D eigenvalue weighted by atomic mass is 10.5. The van der Waals surface area contributed by atoms with Crippen LogP contribution in [0.4, 0.5) is 0 Å². The third kappa shape index (κ3) is 6.62. The molecule has 1 rings (SSSR count). The normalized spacial score (nSPS) is 16.2. The van der Waals surface area contributed by atoms with Crippen molar-refractivity contribution in [2.45, 2.75) is 5.25 Å². The number of hydrogen-bond donors (Lipinski definition) is 1. The lowest BCUT2D eigenvalue weighted by molar-refractivity contribution is -0.137. The number of thioether (sulfide) groups is 1. The van der Waals surface area contributed by atoms with E-state index in [1.165, 1.54) is 11.8 Å². The topological polar surface area (TPSA) is 56.8 Å². The van der Waals surface area contributed by atoms with Crippen LogP contribution in [-0.2, 0) is 19.0 Å². The van der Waals surface area contributed by atoms with Gasteiger partial charge in [0, 0.05) is 6.08 Å². The van der Waals surface area contributed by atoms with Gasteiger partial charge in [-0.15, -0.1) is 0 Å². The molecular formula is C10H15NO4S2. The van der Waals surface area contributed by atoms with E-state index in [1.54, 1.807) is 0 Å². The highest BCUT2D eigenvalue weighted by molar-refractivity contribution is 8.23. The van der Waals surface area contributed by atoms with Gasteiger partial charge >= 0.3 is 5.97 Å². The zero-order valence-electron chi connectivity index (χ0n) is 9.35. The molecule has 1 fully saturated rings. The Morgan fingerprint density at radius 3 is 2.94 bits per heavy atom. The van der Waals surface area contributed by atoms with Gasteiger partial charge in [0.15, 0.2) is 0 Å². The highest BCUT2D eigenvalue weighted by Crippen LogP contribution is 2.15. The first kappa shape index (κ1) is 14.4. The highest BCUT2D eigenvalue weighted by Gasteiger charge is 2.16. The summed E-state index contributed by atoms with van der Waals surface area (Å²) < 4.78 is 15.7. The van der Waals surface area contributed by atoms with Crippen LogP contribution < -0.4 is 5.32 Å². The van der Waals surface area contributed by atoms with Gasteiger partial charge < -0.3 is 19.5 Å². The first-order chi connectivity index (χ1) is 8.22. The van der Waals surface area contributed by atoms with Crippen molar-refractivity contribution in [3.63, 3.8) is 0 Å². The molecule has 0 saturated carbocycles. The van der Waals surface area contributed by atoms with Crippen molar-refractivity contribution in [2.24, 2.45) is 0 Å². The van der Waals surface area contributed by atoms with Crippen molar-refractivity contribution in [1.82, 2.24) is 5.32 Å². The predicted octanol–water partition coefficient (Wildman–Crippen LogP) is 0.696. The van der Waals surface area contributed by atoms with E-state index in [0.717, 1.165) is 6.08 Å². The third-order valence-electron chi connectivity index (χ3n) is 1.83. The van der Waals surface area contributed by atoms with Gasteiger partial charge in [-0.3, -0.25) is 0 Å². The van der Waals surface area contributed by atoms with Gasteiger partial charge in [0.05, 0.1) is 25.0 Å². The molecule has 0 aromatic heterocycles. The smallest absolute Gasteiger partial charge is 0.330 e. The second-order valence-electron chi connectivity index (χ2n) is 3.19. The summed E-state index contributed by atoms with van der Waals surface area (Å²) in [4.78, 5) is 10.7. The third-order valence-corrected chi connectivity index (χ3v) is 3.23. The first-order valence-electron chi connectivity index (χ1n) is 5.11. The summed E-state index contributed by atoms with van der Waals surface area (Å²) in [6.07, 6.45) is 1.13. The van der Waals surface area contributed by atoms with E-state index in [4.69, 9.17) is 26.4 Å². The Labute approximate surface area is 110 Å². The number of thiocarbonyl (C=S) groups is 1. The largest absolute Gasteiger partial charge is 0.461 e. The predicted molar refractivity (Wildman–Crippen MR) is 69.9 cm³/mol. The fourth-order valence-corrected chi connectivity index (χ4v) is 2.42. The van der Waals surface area contributed by atoms with Gasteiger partial charge in [-0.2, -0.15) is 0 Å². The van der Waals surface area contributed by atoms with Crippen molar-refractivity contribution >= 4 is 34.3 Å². The Morgan fingerprint density at radius 1 is 1.59 bits per heavy atom. The summed E-state index contributed by atoms with van der Waals surface area (Å²) in [6.45, 7) is 5.68. The van der Waals surface area contributed by atoms with Crippen LogP contribution in [0.15, 0.2) is 12.7 Å². The summed E-state index contributed by atoms with van der Waals surface area (Å²) >= 11 is 6.62. The molecule has 7 heteroatoms. The first-order valence-corrected chi connectivity index (χ1v) is 6.40. The van der Waals surface area contributed by atoms with Crippen LogP contribution in [0.2, 0.25) is 0 Å². The number of carbonyl (C=O) groups excluding carboxylic acids is 1. The van der Waals surface area contributed by atoms with E-state index in [-0.39, 0.29) is 11.9 Å². The van der Waals surface area contributed by atoms with Crippen LogP contribution in [-0.4, -0.2) is 48.7 Å². The molecule has 0 amide bonds. The van der Waals surface area contributed by atoms with E-state index in [0.29, 0.717) is 30.9 Å². The van der Waals surface area contributed by atoms with E-state index < -0.39 is 5.97 Å².